The van der Waals surface area contributed by atoms with Crippen molar-refractivity contribution in [2.45, 2.75) is 66.8 Å². The van der Waals surface area contributed by atoms with Crippen molar-refractivity contribution in [2.75, 3.05) is 4.90 Å². The Labute approximate surface area is 279 Å². The van der Waals surface area contributed by atoms with Gasteiger partial charge >= 0.3 is 30.2 Å². The molecule has 0 N–H and O–H groups in total. The molecular formula is C40H47NSiZr-4. The summed E-state index contributed by atoms with van der Waals surface area (Å²) in [6.45, 7) is 20.9. The Morgan fingerprint density at radius 2 is 1.53 bits per heavy atom. The molecule has 0 fully saturated rings. The van der Waals surface area contributed by atoms with Gasteiger partial charge in [-0.25, -0.2) is 0 Å². The van der Waals surface area contributed by atoms with E-state index < -0.39 is 0 Å². The third-order valence-corrected chi connectivity index (χ3v) is 7.89. The van der Waals surface area contributed by atoms with E-state index in [1.807, 2.05) is 0 Å². The van der Waals surface area contributed by atoms with E-state index in [4.69, 9.17) is 0 Å². The van der Waals surface area contributed by atoms with Crippen molar-refractivity contribution < 1.29 is 23.3 Å². The fraction of sp³-hybridized carbons (Fsp3) is 0.275. The van der Waals surface area contributed by atoms with Crippen LogP contribution in [0, 0.1) is 40.7 Å². The average Bonchev–Trinajstić information content (AvgIpc) is 3.63. The Kier molecular flexibility index (Phi) is 13.1. The van der Waals surface area contributed by atoms with Crippen molar-refractivity contribution in [1.82, 2.24) is 0 Å². The number of allylic oxidation sites excluding steroid dienone is 3. The van der Waals surface area contributed by atoms with E-state index in [9.17, 15) is 0 Å². The van der Waals surface area contributed by atoms with Gasteiger partial charge in [-0.15, -0.1) is 63.4 Å². The molecule has 3 heteroatoms. The van der Waals surface area contributed by atoms with Gasteiger partial charge in [-0.3, -0.25) is 0 Å². The van der Waals surface area contributed by atoms with Gasteiger partial charge in [0, 0.05) is 11.7 Å². The molecule has 0 amide bonds. The van der Waals surface area contributed by atoms with Gasteiger partial charge in [0.2, 0.25) is 0 Å². The van der Waals surface area contributed by atoms with Crippen molar-refractivity contribution in [1.29, 1.82) is 0 Å². The Bertz CT molecular complexity index is 1590. The molecule has 1 aliphatic heterocycles. The molecule has 43 heavy (non-hydrogen) atoms. The number of hydrogen-bond acceptors (Lipinski definition) is 1. The molecule has 0 spiro atoms. The van der Waals surface area contributed by atoms with Crippen LogP contribution < -0.4 is 4.90 Å². The van der Waals surface area contributed by atoms with E-state index in [0.29, 0.717) is 12.0 Å². The van der Waals surface area contributed by atoms with E-state index >= 15 is 0 Å². The molecule has 0 aromatic heterocycles. The summed E-state index contributed by atoms with van der Waals surface area (Å²) >= 11 is 1.36. The van der Waals surface area contributed by atoms with Crippen molar-refractivity contribution in [2.24, 2.45) is 5.92 Å². The van der Waals surface area contributed by atoms with Crippen LogP contribution in [0.15, 0.2) is 108 Å². The molecule has 6 rings (SSSR count). The number of fused-ring (bicyclic) bond motifs is 2. The molecular weight excluding hydrogens is 614 g/mol. The standard InChI is InChI=1S/C21H26N.C17H15.2CH3.Si.Zr/c1-14(2)16-12-17-11-15(3)22(20(17)13-16)19-9-7-18(8-10-19)21(4,5)6;1-12-10-16-13(2)8-9-15(17(16)11-12)14-6-4-3-5-7-14;;;;/h7-11,13-15H,1-6H3;3-11H,1-2H3;2*1H3;;/q4*-1;;. The normalized spacial score (nSPS) is 15.1. The van der Waals surface area contributed by atoms with Gasteiger partial charge in [-0.2, -0.15) is 6.07 Å². The summed E-state index contributed by atoms with van der Waals surface area (Å²) in [4.78, 5) is 2.42. The molecule has 4 aromatic carbocycles. The second kappa shape index (κ2) is 15.4. The Morgan fingerprint density at radius 3 is 2.12 bits per heavy atom. The van der Waals surface area contributed by atoms with Gasteiger partial charge in [0.15, 0.2) is 0 Å². The van der Waals surface area contributed by atoms with Crippen molar-refractivity contribution in [3.63, 3.8) is 0 Å². The van der Waals surface area contributed by atoms with E-state index in [1.54, 1.807) is 0 Å². The fourth-order valence-electron chi connectivity index (χ4n) is 5.61. The van der Waals surface area contributed by atoms with E-state index in [0.717, 1.165) is 0 Å². The van der Waals surface area contributed by atoms with E-state index in [2.05, 4.69) is 164 Å². The zero-order chi connectivity index (χ0) is 29.9. The Hall–Kier alpha value is -2.61. The monoisotopic (exact) mass is 659 g/mol. The predicted octanol–water partition coefficient (Wildman–Crippen LogP) is 10.8. The van der Waals surface area contributed by atoms with Gasteiger partial charge in [-0.1, -0.05) is 108 Å². The summed E-state index contributed by atoms with van der Waals surface area (Å²) in [6.07, 6.45) is 8.18. The quantitative estimate of drug-likeness (QED) is 0.156. The van der Waals surface area contributed by atoms with Gasteiger partial charge in [-0.05, 0) is 41.5 Å². The molecule has 1 nitrogen and oxygen atoms in total. The van der Waals surface area contributed by atoms with Crippen LogP contribution in [0.3, 0.4) is 0 Å². The van der Waals surface area contributed by atoms with Gasteiger partial charge in [0.1, 0.15) is 0 Å². The minimum absolute atomic E-state index is 0. The molecule has 2 radical (unpaired) electrons. The zero-order valence-corrected chi connectivity index (χ0v) is 31.2. The van der Waals surface area contributed by atoms with Crippen molar-refractivity contribution in [3.05, 3.63) is 145 Å². The Balaban J connectivity index is 0.000000278. The maximum absolute atomic E-state index is 3.56. The third kappa shape index (κ3) is 8.11. The number of nitrogens with zero attached hydrogens (tertiary/aromatic N) is 1. The van der Waals surface area contributed by atoms with E-state index in [-0.39, 0.29) is 20.3 Å². The van der Waals surface area contributed by atoms with Crippen LogP contribution in [0.1, 0.15) is 58.2 Å². The summed E-state index contributed by atoms with van der Waals surface area (Å²) in [7, 11) is 0. The first-order chi connectivity index (χ1) is 19.5. The number of anilines is 1. The van der Waals surface area contributed by atoms with Gasteiger partial charge in [0.05, 0.1) is 0 Å². The summed E-state index contributed by atoms with van der Waals surface area (Å²) in [5.41, 5.74) is 12.0. The third-order valence-electron chi connectivity index (χ3n) is 7.89. The van der Waals surface area contributed by atoms with Gasteiger partial charge in [0.25, 0.3) is 0 Å². The zero-order valence-electron chi connectivity index (χ0n) is 27.8. The number of rotatable bonds is 3. The molecule has 0 bridgehead atoms. The average molecular weight is 661 g/mol. The first kappa shape index (κ1) is 36.6. The molecule has 4 aromatic rings. The number of aryl methyl sites for hydroxylation is 2. The van der Waals surface area contributed by atoms with E-state index in [1.165, 1.54) is 84.5 Å². The minimum atomic E-state index is 0. The summed E-state index contributed by atoms with van der Waals surface area (Å²) in [6, 6.07) is 29.0. The molecule has 0 saturated carbocycles. The van der Waals surface area contributed by atoms with Crippen molar-refractivity contribution >= 4 is 23.3 Å². The molecule has 1 unspecified atom stereocenters. The van der Waals surface area contributed by atoms with Crippen LogP contribution in [-0.2, 0) is 28.8 Å². The summed E-state index contributed by atoms with van der Waals surface area (Å²) in [5, 5.41) is 2.75. The SMILES string of the molecule is CC(C)C1=[C-]C2=CC(C)N(c3ccc(C(C)(C)C)cc3)C2=C1.Cc1cc2c(-c3ccccc3)ccc(C)c2[cH-]1.[CH3-].[CH3-].[Si]=[Zr]. The fourth-order valence-corrected chi connectivity index (χ4v) is 5.61. The van der Waals surface area contributed by atoms with Crippen LogP contribution in [0.2, 0.25) is 0 Å². The second-order valence-corrected chi connectivity index (χ2v) is 12.4. The second-order valence-electron chi connectivity index (χ2n) is 12.4. The predicted molar refractivity (Wildman–Crippen MR) is 188 cm³/mol. The molecule has 2 aliphatic rings. The molecule has 1 aliphatic carbocycles. The van der Waals surface area contributed by atoms with Crippen LogP contribution in [0.4, 0.5) is 5.69 Å². The van der Waals surface area contributed by atoms with Gasteiger partial charge < -0.3 is 19.8 Å². The first-order valence-corrected chi connectivity index (χ1v) is 18.7. The maximum atomic E-state index is 3.56. The van der Waals surface area contributed by atoms with Crippen molar-refractivity contribution in [3.8, 4) is 11.1 Å². The molecule has 0 saturated heterocycles. The first-order valence-electron chi connectivity index (χ1n) is 14.5. The molecule has 224 valence electrons. The number of benzene rings is 3. The number of hydrogen-bond donors (Lipinski definition) is 0. The molecule has 1 heterocycles. The van der Waals surface area contributed by atoms with Crippen LogP contribution in [0.25, 0.3) is 21.9 Å². The van der Waals surface area contributed by atoms with Crippen LogP contribution >= 0.6 is 0 Å². The molecule has 1 atom stereocenters. The summed E-state index contributed by atoms with van der Waals surface area (Å²) < 4.78 is 0. The summed E-state index contributed by atoms with van der Waals surface area (Å²) in [5.74, 6) is 0.527. The topological polar surface area (TPSA) is 3.24 Å². The van der Waals surface area contributed by atoms with Crippen LogP contribution in [0.5, 0.6) is 0 Å². The van der Waals surface area contributed by atoms with Crippen LogP contribution in [-0.4, -0.2) is 12.9 Å². The Morgan fingerprint density at radius 1 is 0.907 bits per heavy atom.